The van der Waals surface area contributed by atoms with E-state index in [1.807, 2.05) is 0 Å². The molecule has 1 aliphatic heterocycles. The van der Waals surface area contributed by atoms with Gasteiger partial charge in [-0.25, -0.2) is 0 Å². The van der Waals surface area contributed by atoms with Crippen LogP contribution in [0, 0.1) is 23.7 Å². The summed E-state index contributed by atoms with van der Waals surface area (Å²) >= 11 is 0. The van der Waals surface area contributed by atoms with Gasteiger partial charge in [0.15, 0.2) is 0 Å². The third-order valence-corrected chi connectivity index (χ3v) is 10.3. The molecule has 3 aromatic carbocycles. The maximum Gasteiger partial charge on any atom is 0.0582 e. The van der Waals surface area contributed by atoms with Crippen LogP contribution in [0.4, 0.5) is 0 Å². The summed E-state index contributed by atoms with van der Waals surface area (Å²) in [6, 6.07) is 21.8. The molecule has 9 rings (SSSR count). The first-order chi connectivity index (χ1) is 16.2. The predicted molar refractivity (Wildman–Crippen MR) is 137 cm³/mol. The molecule has 1 aromatic heterocycles. The third-order valence-electron chi connectivity index (χ3n) is 10.3. The first-order valence-electron chi connectivity index (χ1n) is 13.4. The smallest absolute Gasteiger partial charge is 0.0582 e. The molecule has 0 atom stereocenters. The number of aryl methyl sites for hydroxylation is 2. The topological polar surface area (TPSA) is 4.93 Å². The zero-order valence-corrected chi connectivity index (χ0v) is 19.9. The average Bonchev–Trinajstić information content (AvgIpc) is 3.17. The maximum atomic E-state index is 2.68. The fraction of sp³-hybridized carbons (Fsp3) is 0.438. The van der Waals surface area contributed by atoms with Crippen molar-refractivity contribution in [2.75, 3.05) is 0 Å². The molecule has 1 spiro atoms. The van der Waals surface area contributed by atoms with Gasteiger partial charge in [-0.3, -0.25) is 0 Å². The molecule has 4 fully saturated rings. The van der Waals surface area contributed by atoms with Gasteiger partial charge in [0.1, 0.15) is 0 Å². The quantitative estimate of drug-likeness (QED) is 0.303. The molecule has 4 bridgehead atoms. The van der Waals surface area contributed by atoms with Gasteiger partial charge in [-0.15, -0.1) is 0 Å². The summed E-state index contributed by atoms with van der Waals surface area (Å²) in [4.78, 5) is 0. The second kappa shape index (κ2) is 6.32. The van der Waals surface area contributed by atoms with Crippen LogP contribution in [0.1, 0.15) is 68.2 Å². The van der Waals surface area contributed by atoms with Crippen LogP contribution in [0.3, 0.4) is 0 Å². The number of hydrogen-bond acceptors (Lipinski definition) is 0. The number of para-hydroxylation sites is 2. The van der Waals surface area contributed by atoms with Crippen LogP contribution in [0.15, 0.2) is 54.6 Å². The van der Waals surface area contributed by atoms with Gasteiger partial charge >= 0.3 is 0 Å². The molecule has 5 aliphatic rings. The molecule has 0 radical (unpaired) electrons. The van der Waals surface area contributed by atoms with E-state index in [2.05, 4.69) is 73.0 Å². The molecule has 166 valence electrons. The van der Waals surface area contributed by atoms with Gasteiger partial charge in [0.2, 0.25) is 0 Å². The Morgan fingerprint density at radius 1 is 0.758 bits per heavy atom. The van der Waals surface area contributed by atoms with Crippen molar-refractivity contribution < 1.29 is 0 Å². The molecule has 0 saturated heterocycles. The number of benzene rings is 3. The third kappa shape index (κ3) is 2.12. The van der Waals surface area contributed by atoms with E-state index < -0.39 is 0 Å². The second-order valence-corrected chi connectivity index (χ2v) is 11.6. The monoisotopic (exact) mass is 431 g/mol. The summed E-state index contributed by atoms with van der Waals surface area (Å²) < 4.78 is 2.68. The van der Waals surface area contributed by atoms with E-state index in [1.165, 1.54) is 70.7 Å². The van der Waals surface area contributed by atoms with Crippen molar-refractivity contribution in [3.8, 4) is 5.69 Å². The fourth-order valence-electron chi connectivity index (χ4n) is 9.33. The van der Waals surface area contributed by atoms with Gasteiger partial charge in [0.05, 0.1) is 16.7 Å². The summed E-state index contributed by atoms with van der Waals surface area (Å²) in [6.45, 7) is 4.62. The minimum absolute atomic E-state index is 0.214. The predicted octanol–water partition coefficient (Wildman–Crippen LogP) is 7.96. The van der Waals surface area contributed by atoms with E-state index in [9.17, 15) is 0 Å². The highest BCUT2D eigenvalue weighted by atomic mass is 15.0. The Kier molecular flexibility index (Phi) is 3.61. The van der Waals surface area contributed by atoms with Crippen LogP contribution in [0.25, 0.3) is 27.5 Å². The van der Waals surface area contributed by atoms with Gasteiger partial charge < -0.3 is 4.57 Å². The van der Waals surface area contributed by atoms with Crippen molar-refractivity contribution in [1.29, 1.82) is 0 Å². The van der Waals surface area contributed by atoms with Crippen molar-refractivity contribution in [3.63, 3.8) is 0 Å². The van der Waals surface area contributed by atoms with Crippen LogP contribution in [-0.2, 0) is 18.3 Å². The molecule has 4 aromatic rings. The molecule has 1 heteroatoms. The molecule has 33 heavy (non-hydrogen) atoms. The molecule has 0 unspecified atom stereocenters. The van der Waals surface area contributed by atoms with Crippen molar-refractivity contribution in [2.24, 2.45) is 23.7 Å². The lowest BCUT2D eigenvalue weighted by Gasteiger charge is -2.63. The number of nitrogens with zero attached hydrogens (tertiary/aromatic N) is 1. The lowest BCUT2D eigenvalue weighted by molar-refractivity contribution is -0.0418. The van der Waals surface area contributed by atoms with Crippen LogP contribution >= 0.6 is 0 Å². The molecule has 0 N–H and O–H groups in total. The second-order valence-electron chi connectivity index (χ2n) is 11.6. The lowest BCUT2D eigenvalue weighted by Crippen LogP contribution is -2.57. The summed E-state index contributed by atoms with van der Waals surface area (Å²) in [5, 5.41) is 2.92. The van der Waals surface area contributed by atoms with Crippen LogP contribution in [0.2, 0.25) is 0 Å². The minimum Gasteiger partial charge on any atom is -0.308 e. The Hall–Kier alpha value is -2.54. The molecule has 0 amide bonds. The van der Waals surface area contributed by atoms with Crippen LogP contribution < -0.4 is 0 Å². The summed E-state index contributed by atoms with van der Waals surface area (Å²) in [7, 11) is 0. The largest absolute Gasteiger partial charge is 0.308 e. The summed E-state index contributed by atoms with van der Waals surface area (Å²) in [5.74, 6) is 3.58. The average molecular weight is 432 g/mol. The zero-order chi connectivity index (χ0) is 21.9. The minimum atomic E-state index is 0.214. The Morgan fingerprint density at radius 3 is 2.21 bits per heavy atom. The van der Waals surface area contributed by atoms with Crippen molar-refractivity contribution in [3.05, 3.63) is 76.9 Å². The van der Waals surface area contributed by atoms with Gasteiger partial charge in [-0.1, -0.05) is 56.3 Å². The molecular weight excluding hydrogens is 398 g/mol. The molecule has 4 aliphatic carbocycles. The maximum absolute atomic E-state index is 2.68. The highest BCUT2D eigenvalue weighted by molar-refractivity contribution is 6.12. The van der Waals surface area contributed by atoms with Gasteiger partial charge in [-0.05, 0) is 103 Å². The van der Waals surface area contributed by atoms with E-state index in [4.69, 9.17) is 0 Å². The summed E-state index contributed by atoms with van der Waals surface area (Å²) in [5.41, 5.74) is 11.0. The number of aromatic nitrogens is 1. The van der Waals surface area contributed by atoms with Crippen molar-refractivity contribution in [2.45, 2.75) is 64.2 Å². The van der Waals surface area contributed by atoms with E-state index >= 15 is 0 Å². The number of fused-ring (bicyclic) bond motifs is 5. The fourth-order valence-corrected chi connectivity index (χ4v) is 9.33. The zero-order valence-electron chi connectivity index (χ0n) is 19.9. The normalized spacial score (nSPS) is 31.1. The highest BCUT2D eigenvalue weighted by Crippen LogP contribution is 2.68. The number of hydrogen-bond donors (Lipinski definition) is 0. The first kappa shape index (κ1) is 18.8. The van der Waals surface area contributed by atoms with Crippen LogP contribution in [-0.4, -0.2) is 4.57 Å². The summed E-state index contributed by atoms with van der Waals surface area (Å²) in [6.07, 6.45) is 9.47. The Morgan fingerprint density at radius 2 is 1.48 bits per heavy atom. The van der Waals surface area contributed by atoms with E-state index in [1.54, 1.807) is 11.1 Å². The Labute approximate surface area is 196 Å². The van der Waals surface area contributed by atoms with E-state index in [-0.39, 0.29) is 5.41 Å². The van der Waals surface area contributed by atoms with Crippen LogP contribution in [0.5, 0.6) is 0 Å². The van der Waals surface area contributed by atoms with E-state index in [0.29, 0.717) is 0 Å². The first-order valence-corrected chi connectivity index (χ1v) is 13.4. The molecule has 1 nitrogen and oxygen atoms in total. The standard InChI is InChI=1S/C32H33N/c1-3-19-11-12-29-26(18-19)25-8-6-10-28-31(25)33(29)30-22(4-2)7-5-9-27(30)32(28)23-14-20-13-21(16-23)17-24(32)15-20/h5-12,18,20-21,23-24H,3-4,13-17H2,1-2H3. The Balaban J connectivity index is 1.58. The van der Waals surface area contributed by atoms with Crippen molar-refractivity contribution >= 4 is 21.8 Å². The molecule has 4 saturated carbocycles. The molecule has 2 heterocycles. The van der Waals surface area contributed by atoms with Crippen molar-refractivity contribution in [1.82, 2.24) is 4.57 Å². The van der Waals surface area contributed by atoms with E-state index in [0.717, 1.165) is 36.5 Å². The highest BCUT2D eigenvalue weighted by Gasteiger charge is 2.61. The molecular formula is C32H33N. The Bertz CT molecular complexity index is 1420. The lowest BCUT2D eigenvalue weighted by atomic mass is 9.41. The SMILES string of the molecule is CCc1ccc2c(c1)c1cccc3c1n2-c1c(CC)cccc1C31C2CC3CC(C2)CC1C3. The number of rotatable bonds is 2. The van der Waals surface area contributed by atoms with Gasteiger partial charge in [0, 0.05) is 16.2 Å². The van der Waals surface area contributed by atoms with Gasteiger partial charge in [0.25, 0.3) is 0 Å². The van der Waals surface area contributed by atoms with Gasteiger partial charge in [-0.2, -0.15) is 0 Å².